The monoisotopic (exact) mass is 298 g/mol. The number of halogens is 1. The summed E-state index contributed by atoms with van der Waals surface area (Å²) in [6, 6.07) is 16.1. The predicted molar refractivity (Wildman–Crippen MR) is 79.3 cm³/mol. The summed E-state index contributed by atoms with van der Waals surface area (Å²) in [5.41, 5.74) is 9.90. The van der Waals surface area contributed by atoms with Gasteiger partial charge in [-0.15, -0.1) is 0 Å². The van der Waals surface area contributed by atoms with Gasteiger partial charge < -0.3 is 5.73 Å². The van der Waals surface area contributed by atoms with E-state index in [0.29, 0.717) is 0 Å². The maximum absolute atomic E-state index is 6.09. The number of para-hydroxylation sites is 1. The van der Waals surface area contributed by atoms with Gasteiger partial charge in [-0.2, -0.15) is 0 Å². The van der Waals surface area contributed by atoms with E-state index in [2.05, 4.69) is 39.1 Å². The van der Waals surface area contributed by atoms with Gasteiger partial charge in [0.15, 0.2) is 0 Å². The molecule has 3 aromatic rings. The second-order valence-corrected chi connectivity index (χ2v) is 5.03. The molecule has 0 radical (unpaired) electrons. The molecule has 0 aliphatic rings. The Morgan fingerprint density at radius 2 is 1.78 bits per heavy atom. The number of rotatable bonds is 1. The zero-order valence-corrected chi connectivity index (χ0v) is 11.2. The minimum Gasteiger partial charge on any atom is -0.398 e. The molecule has 0 bridgehead atoms. The van der Waals surface area contributed by atoms with Gasteiger partial charge in [0, 0.05) is 32.9 Å². The molecule has 0 unspecified atom stereocenters. The van der Waals surface area contributed by atoms with E-state index in [1.807, 2.05) is 30.3 Å². The van der Waals surface area contributed by atoms with Gasteiger partial charge in [-0.25, -0.2) is 0 Å². The van der Waals surface area contributed by atoms with E-state index in [-0.39, 0.29) is 0 Å². The van der Waals surface area contributed by atoms with Crippen molar-refractivity contribution in [3.8, 4) is 11.1 Å². The van der Waals surface area contributed by atoms with E-state index in [1.54, 1.807) is 6.20 Å². The van der Waals surface area contributed by atoms with Gasteiger partial charge in [-0.1, -0.05) is 46.3 Å². The highest BCUT2D eigenvalue weighted by Crippen LogP contribution is 2.32. The number of hydrogen-bond acceptors (Lipinski definition) is 2. The summed E-state index contributed by atoms with van der Waals surface area (Å²) in [4.78, 5) is 4.45. The minimum absolute atomic E-state index is 0.752. The predicted octanol–water partition coefficient (Wildman–Crippen LogP) is 4.25. The lowest BCUT2D eigenvalue weighted by atomic mass is 10.0. The lowest BCUT2D eigenvalue weighted by Gasteiger charge is -2.09. The molecule has 0 atom stereocenters. The molecule has 2 N–H and O–H groups in total. The number of anilines is 1. The van der Waals surface area contributed by atoms with Crippen molar-refractivity contribution in [1.29, 1.82) is 0 Å². The first-order valence-corrected chi connectivity index (χ1v) is 6.44. The van der Waals surface area contributed by atoms with Crippen LogP contribution in [0.3, 0.4) is 0 Å². The molecule has 88 valence electrons. The molecular weight excluding hydrogens is 288 g/mol. The molecule has 1 aromatic heterocycles. The zero-order valence-electron chi connectivity index (χ0n) is 9.60. The Labute approximate surface area is 114 Å². The van der Waals surface area contributed by atoms with E-state index >= 15 is 0 Å². The number of fused-ring (bicyclic) bond motifs is 1. The molecule has 1 heterocycles. The fourth-order valence-corrected chi connectivity index (χ4v) is 2.48. The molecule has 2 aromatic carbocycles. The van der Waals surface area contributed by atoms with Crippen molar-refractivity contribution in [3.05, 3.63) is 59.2 Å². The van der Waals surface area contributed by atoms with E-state index < -0.39 is 0 Å². The summed E-state index contributed by atoms with van der Waals surface area (Å²) in [7, 11) is 0. The fraction of sp³-hybridized carbons (Fsp3) is 0. The lowest BCUT2D eigenvalue weighted by Crippen LogP contribution is -1.91. The fourth-order valence-electron chi connectivity index (χ4n) is 2.10. The Balaban J connectivity index is 2.31. The molecule has 0 aliphatic carbocycles. The van der Waals surface area contributed by atoms with Crippen LogP contribution >= 0.6 is 15.9 Å². The zero-order chi connectivity index (χ0) is 12.5. The highest BCUT2D eigenvalue weighted by atomic mass is 79.9. The summed E-state index contributed by atoms with van der Waals surface area (Å²) < 4.78 is 0.983. The van der Waals surface area contributed by atoms with Gasteiger partial charge in [-0.05, 0) is 18.2 Å². The molecule has 0 saturated heterocycles. The van der Waals surface area contributed by atoms with Crippen LogP contribution in [0.25, 0.3) is 22.0 Å². The Morgan fingerprint density at radius 3 is 2.61 bits per heavy atom. The van der Waals surface area contributed by atoms with E-state index in [0.717, 1.165) is 32.2 Å². The molecular formula is C15H11BrN2. The SMILES string of the molecule is Nc1cc(Br)ccc1-c1cccc2cccnc12. The van der Waals surface area contributed by atoms with Crippen molar-refractivity contribution in [3.63, 3.8) is 0 Å². The average Bonchev–Trinajstić information content (AvgIpc) is 2.38. The van der Waals surface area contributed by atoms with Crippen molar-refractivity contribution in [1.82, 2.24) is 4.98 Å². The molecule has 0 spiro atoms. The molecule has 0 saturated carbocycles. The first-order valence-electron chi connectivity index (χ1n) is 5.65. The van der Waals surface area contributed by atoms with Crippen LogP contribution in [-0.4, -0.2) is 4.98 Å². The van der Waals surface area contributed by atoms with E-state index in [9.17, 15) is 0 Å². The maximum atomic E-state index is 6.09. The van der Waals surface area contributed by atoms with Crippen LogP contribution in [0.5, 0.6) is 0 Å². The van der Waals surface area contributed by atoms with Crippen LogP contribution in [0.1, 0.15) is 0 Å². The highest BCUT2D eigenvalue weighted by molar-refractivity contribution is 9.10. The third-order valence-electron chi connectivity index (χ3n) is 2.94. The summed E-state index contributed by atoms with van der Waals surface area (Å²) in [6.45, 7) is 0. The van der Waals surface area contributed by atoms with Gasteiger partial charge in [0.05, 0.1) is 5.52 Å². The lowest BCUT2D eigenvalue weighted by molar-refractivity contribution is 1.41. The molecule has 3 heteroatoms. The Morgan fingerprint density at radius 1 is 0.944 bits per heavy atom. The van der Waals surface area contributed by atoms with Gasteiger partial charge in [0.2, 0.25) is 0 Å². The summed E-state index contributed by atoms with van der Waals surface area (Å²) in [5, 5.41) is 1.12. The number of nitrogens with zero attached hydrogens (tertiary/aromatic N) is 1. The van der Waals surface area contributed by atoms with E-state index in [1.165, 1.54) is 0 Å². The van der Waals surface area contributed by atoms with Crippen LogP contribution in [0.2, 0.25) is 0 Å². The molecule has 2 nitrogen and oxygen atoms in total. The number of aromatic nitrogens is 1. The minimum atomic E-state index is 0.752. The molecule has 18 heavy (non-hydrogen) atoms. The number of nitrogen functional groups attached to an aromatic ring is 1. The van der Waals surface area contributed by atoms with Crippen LogP contribution in [0.4, 0.5) is 5.69 Å². The first kappa shape index (κ1) is 11.2. The van der Waals surface area contributed by atoms with Crippen molar-refractivity contribution in [2.24, 2.45) is 0 Å². The standard InChI is InChI=1S/C15H11BrN2/c16-11-6-7-12(14(17)9-11)13-5-1-3-10-4-2-8-18-15(10)13/h1-9H,17H2. The maximum Gasteiger partial charge on any atom is 0.0781 e. The number of nitrogens with two attached hydrogens (primary N) is 1. The van der Waals surface area contributed by atoms with Crippen molar-refractivity contribution < 1.29 is 0 Å². The van der Waals surface area contributed by atoms with Crippen molar-refractivity contribution in [2.75, 3.05) is 5.73 Å². The van der Waals surface area contributed by atoms with Gasteiger partial charge >= 0.3 is 0 Å². The normalized spacial score (nSPS) is 10.7. The van der Waals surface area contributed by atoms with Gasteiger partial charge in [0.25, 0.3) is 0 Å². The van der Waals surface area contributed by atoms with Crippen LogP contribution < -0.4 is 5.73 Å². The Kier molecular flexibility index (Phi) is 2.76. The summed E-state index contributed by atoms with van der Waals surface area (Å²) in [5.74, 6) is 0. The first-order chi connectivity index (χ1) is 8.75. The second-order valence-electron chi connectivity index (χ2n) is 4.11. The summed E-state index contributed by atoms with van der Waals surface area (Å²) in [6.07, 6.45) is 1.81. The van der Waals surface area contributed by atoms with E-state index in [4.69, 9.17) is 5.73 Å². The highest BCUT2D eigenvalue weighted by Gasteiger charge is 2.07. The smallest absolute Gasteiger partial charge is 0.0781 e. The third kappa shape index (κ3) is 1.87. The largest absolute Gasteiger partial charge is 0.398 e. The molecule has 0 fully saturated rings. The van der Waals surface area contributed by atoms with Crippen molar-refractivity contribution >= 4 is 32.5 Å². The quantitative estimate of drug-likeness (QED) is 0.682. The average molecular weight is 299 g/mol. The number of pyridine rings is 1. The molecule has 3 rings (SSSR count). The van der Waals surface area contributed by atoms with Crippen LogP contribution in [-0.2, 0) is 0 Å². The second kappa shape index (κ2) is 4.42. The molecule has 0 aliphatic heterocycles. The Hall–Kier alpha value is -1.87. The van der Waals surface area contributed by atoms with Gasteiger partial charge in [-0.3, -0.25) is 4.98 Å². The van der Waals surface area contributed by atoms with Crippen LogP contribution in [0.15, 0.2) is 59.2 Å². The number of hydrogen-bond donors (Lipinski definition) is 1. The topological polar surface area (TPSA) is 38.9 Å². The van der Waals surface area contributed by atoms with Crippen LogP contribution in [0, 0.1) is 0 Å². The van der Waals surface area contributed by atoms with Gasteiger partial charge in [0.1, 0.15) is 0 Å². The molecule has 0 amide bonds. The van der Waals surface area contributed by atoms with Crippen molar-refractivity contribution in [2.45, 2.75) is 0 Å². The Bertz CT molecular complexity index is 717. The summed E-state index contributed by atoms with van der Waals surface area (Å²) >= 11 is 3.42. The third-order valence-corrected chi connectivity index (χ3v) is 3.43. The number of benzene rings is 2.